The van der Waals surface area contributed by atoms with Crippen LogP contribution < -0.4 is 0 Å². The van der Waals surface area contributed by atoms with E-state index < -0.39 is 25.3 Å². The number of hydrogen-bond donors (Lipinski definition) is 2. The average molecular weight is 171 g/mol. The van der Waals surface area contributed by atoms with Gasteiger partial charge in [0.15, 0.2) is 0 Å². The molecule has 0 atom stereocenters. The van der Waals surface area contributed by atoms with Crippen molar-refractivity contribution in [1.29, 1.82) is 5.26 Å². The first-order valence-corrected chi connectivity index (χ1v) is 3.17. The molecule has 0 aromatic rings. The Bertz CT molecular complexity index is 214. The van der Waals surface area contributed by atoms with Crippen LogP contribution in [0.3, 0.4) is 0 Å². The number of nitriles is 1. The van der Waals surface area contributed by atoms with Gasteiger partial charge < -0.3 is 14.9 Å². The molecule has 5 heteroatoms. The monoisotopic (exact) mass is 171 g/mol. The molecule has 0 rings (SSSR count). The molecule has 0 fully saturated rings. The summed E-state index contributed by atoms with van der Waals surface area (Å²) in [6, 6.07) is 1.49. The molecular weight excluding hydrogens is 162 g/mol. The van der Waals surface area contributed by atoms with Crippen LogP contribution in [-0.2, 0) is 9.53 Å². The van der Waals surface area contributed by atoms with Crippen LogP contribution in [-0.4, -0.2) is 35.5 Å². The zero-order valence-corrected chi connectivity index (χ0v) is 6.36. The van der Waals surface area contributed by atoms with Gasteiger partial charge in [-0.1, -0.05) is 6.58 Å². The predicted octanol–water partition coefficient (Wildman–Crippen LogP) is -1.04. The molecule has 0 aliphatic carbocycles. The van der Waals surface area contributed by atoms with Crippen molar-refractivity contribution in [2.75, 3.05) is 13.2 Å². The van der Waals surface area contributed by atoms with Crippen molar-refractivity contribution >= 4 is 5.97 Å². The second kappa shape index (κ2) is 5.29. The predicted molar refractivity (Wildman–Crippen MR) is 38.8 cm³/mol. The molecule has 0 heterocycles. The maximum Gasteiger partial charge on any atom is 0.348 e. The van der Waals surface area contributed by atoms with Crippen molar-refractivity contribution in [3.63, 3.8) is 0 Å². The molecule has 0 spiro atoms. The van der Waals surface area contributed by atoms with Gasteiger partial charge in [-0.25, -0.2) is 4.79 Å². The molecule has 0 saturated carbocycles. The third-order valence-corrected chi connectivity index (χ3v) is 1.06. The summed E-state index contributed by atoms with van der Waals surface area (Å²) in [5, 5.41) is 25.1. The lowest BCUT2D eigenvalue weighted by atomic mass is 10.3. The molecular formula is C7H9NO4. The summed E-state index contributed by atoms with van der Waals surface area (Å²) in [5.74, 6) is -0.925. The minimum Gasteiger partial charge on any atom is -0.453 e. The van der Waals surface area contributed by atoms with Crippen LogP contribution in [0.1, 0.15) is 0 Å². The Labute approximate surface area is 69.5 Å². The Morgan fingerprint density at radius 1 is 1.58 bits per heavy atom. The first-order chi connectivity index (χ1) is 5.65. The Balaban J connectivity index is 4.00. The highest BCUT2D eigenvalue weighted by molar-refractivity contribution is 5.92. The van der Waals surface area contributed by atoms with Crippen LogP contribution in [0.5, 0.6) is 0 Å². The fraction of sp³-hybridized carbons (Fsp3) is 0.429. The summed E-state index contributed by atoms with van der Waals surface area (Å²) in [6.07, 6.45) is -0.984. The largest absolute Gasteiger partial charge is 0.453 e. The van der Waals surface area contributed by atoms with E-state index in [9.17, 15) is 4.79 Å². The number of nitrogens with zero attached hydrogens (tertiary/aromatic N) is 1. The van der Waals surface area contributed by atoms with Crippen molar-refractivity contribution in [3.8, 4) is 6.07 Å². The van der Waals surface area contributed by atoms with E-state index in [1.54, 1.807) is 0 Å². The van der Waals surface area contributed by atoms with Gasteiger partial charge in [-0.3, -0.25) is 0 Å². The van der Waals surface area contributed by atoms with Crippen LogP contribution >= 0.6 is 0 Å². The Morgan fingerprint density at radius 2 is 2.08 bits per heavy atom. The van der Waals surface area contributed by atoms with Crippen molar-refractivity contribution in [1.82, 2.24) is 0 Å². The van der Waals surface area contributed by atoms with Gasteiger partial charge in [0.1, 0.15) is 17.7 Å². The summed E-state index contributed by atoms with van der Waals surface area (Å²) < 4.78 is 4.44. The highest BCUT2D eigenvalue weighted by Gasteiger charge is 2.14. The molecule has 5 nitrogen and oxygen atoms in total. The molecule has 2 N–H and O–H groups in total. The molecule has 0 aliphatic rings. The second-order valence-corrected chi connectivity index (χ2v) is 1.98. The van der Waals surface area contributed by atoms with Crippen molar-refractivity contribution in [2.45, 2.75) is 6.10 Å². The lowest BCUT2D eigenvalue weighted by Crippen LogP contribution is -2.25. The third kappa shape index (κ3) is 3.14. The highest BCUT2D eigenvalue weighted by atomic mass is 16.6. The van der Waals surface area contributed by atoms with Crippen LogP contribution in [0, 0.1) is 11.3 Å². The van der Waals surface area contributed by atoms with Gasteiger partial charge in [0.2, 0.25) is 0 Å². The maximum absolute atomic E-state index is 10.7. The summed E-state index contributed by atoms with van der Waals surface area (Å²) in [7, 11) is 0. The van der Waals surface area contributed by atoms with E-state index in [-0.39, 0.29) is 5.57 Å². The average Bonchev–Trinajstić information content (AvgIpc) is 2.12. The van der Waals surface area contributed by atoms with Gasteiger partial charge in [0.05, 0.1) is 13.2 Å². The Hall–Kier alpha value is -1.38. The molecule has 0 aromatic heterocycles. The SMILES string of the molecule is C=C(C#N)C(=O)OC(CO)CO. The summed E-state index contributed by atoms with van der Waals surface area (Å²) in [6.45, 7) is 2.13. The molecule has 0 bridgehead atoms. The quantitative estimate of drug-likeness (QED) is 0.320. The number of carbonyl (C=O) groups excluding carboxylic acids is 1. The van der Waals surface area contributed by atoms with Gasteiger partial charge in [-0.05, 0) is 0 Å². The highest BCUT2D eigenvalue weighted by Crippen LogP contribution is 1.97. The number of aliphatic hydroxyl groups is 2. The van der Waals surface area contributed by atoms with Crippen LogP contribution in [0.25, 0.3) is 0 Å². The van der Waals surface area contributed by atoms with E-state index in [1.807, 2.05) is 0 Å². The topological polar surface area (TPSA) is 90.6 Å². The first kappa shape index (κ1) is 10.6. The molecule has 0 unspecified atom stereocenters. The van der Waals surface area contributed by atoms with Crippen LogP contribution in [0.15, 0.2) is 12.2 Å². The zero-order valence-electron chi connectivity index (χ0n) is 6.36. The smallest absolute Gasteiger partial charge is 0.348 e. The van der Waals surface area contributed by atoms with Gasteiger partial charge in [-0.15, -0.1) is 0 Å². The molecule has 66 valence electrons. The number of carbonyl (C=O) groups is 1. The molecule has 0 radical (unpaired) electrons. The number of hydrogen-bond acceptors (Lipinski definition) is 5. The number of aliphatic hydroxyl groups excluding tert-OH is 2. The first-order valence-electron chi connectivity index (χ1n) is 3.17. The fourth-order valence-corrected chi connectivity index (χ4v) is 0.400. The van der Waals surface area contributed by atoms with Gasteiger partial charge >= 0.3 is 5.97 Å². The minimum atomic E-state index is -0.984. The van der Waals surface area contributed by atoms with Gasteiger partial charge in [0.25, 0.3) is 0 Å². The lowest BCUT2D eigenvalue weighted by Gasteiger charge is -2.10. The maximum atomic E-state index is 10.7. The lowest BCUT2D eigenvalue weighted by molar-refractivity contribution is -0.148. The summed E-state index contributed by atoms with van der Waals surface area (Å²) in [4.78, 5) is 10.7. The second-order valence-electron chi connectivity index (χ2n) is 1.98. The molecule has 12 heavy (non-hydrogen) atoms. The number of ether oxygens (including phenoxy) is 1. The Morgan fingerprint density at radius 3 is 2.42 bits per heavy atom. The molecule has 0 amide bonds. The van der Waals surface area contributed by atoms with E-state index >= 15 is 0 Å². The van der Waals surface area contributed by atoms with E-state index in [4.69, 9.17) is 15.5 Å². The van der Waals surface area contributed by atoms with Crippen molar-refractivity contribution < 1.29 is 19.7 Å². The van der Waals surface area contributed by atoms with E-state index in [2.05, 4.69) is 11.3 Å². The third-order valence-electron chi connectivity index (χ3n) is 1.06. The fourth-order valence-electron chi connectivity index (χ4n) is 0.400. The van der Waals surface area contributed by atoms with Gasteiger partial charge in [-0.2, -0.15) is 5.26 Å². The van der Waals surface area contributed by atoms with Gasteiger partial charge in [0, 0.05) is 0 Å². The minimum absolute atomic E-state index is 0.359. The zero-order chi connectivity index (χ0) is 9.56. The normalized spacial score (nSPS) is 9.17. The molecule has 0 aliphatic heterocycles. The van der Waals surface area contributed by atoms with Crippen molar-refractivity contribution in [2.24, 2.45) is 0 Å². The van der Waals surface area contributed by atoms with E-state index in [1.165, 1.54) is 6.07 Å². The van der Waals surface area contributed by atoms with E-state index in [0.29, 0.717) is 0 Å². The standard InChI is InChI=1S/C7H9NO4/c1-5(2-8)7(11)12-6(3-9)4-10/h6,9-10H,1,3-4H2. The van der Waals surface area contributed by atoms with Crippen LogP contribution in [0.4, 0.5) is 0 Å². The van der Waals surface area contributed by atoms with Crippen molar-refractivity contribution in [3.05, 3.63) is 12.2 Å². The Kier molecular flexibility index (Phi) is 4.69. The van der Waals surface area contributed by atoms with Crippen LogP contribution in [0.2, 0.25) is 0 Å². The molecule has 0 saturated heterocycles. The summed E-state index contributed by atoms with van der Waals surface area (Å²) in [5.41, 5.74) is -0.359. The van der Waals surface area contributed by atoms with E-state index in [0.717, 1.165) is 0 Å². The number of esters is 1. The summed E-state index contributed by atoms with van der Waals surface area (Å²) >= 11 is 0. The number of rotatable bonds is 4. The molecule has 0 aromatic carbocycles.